The standard InChI is InChI=1S/C58H40N2/c1-57(2)49-23-11-6-18-41(49)45-33-32-40(36-53(45)57)59(37-16-4-3-5-17-37)38-28-30-39(31-29-38)60-54-27-15-10-22-46(54)48-35-34-47-44-21-9-14-26-52(44)58(55(47)56(48)60)50-24-12-7-19-42(50)43-20-8-13-25-51(43)58/h3-36H,1-2H3. The maximum absolute atomic E-state index is 2.55. The van der Waals surface area contributed by atoms with E-state index in [1.165, 1.54) is 88.6 Å². The van der Waals surface area contributed by atoms with E-state index in [0.29, 0.717) is 0 Å². The second-order valence-electron chi connectivity index (χ2n) is 17.2. The Morgan fingerprint density at radius 1 is 0.367 bits per heavy atom. The van der Waals surface area contributed by atoms with Gasteiger partial charge in [0.15, 0.2) is 0 Å². The molecule has 10 aromatic rings. The SMILES string of the molecule is CC1(C)c2ccccc2-c2ccc(N(c3ccccc3)c3ccc(-n4c5ccccc5c5ccc6c(c54)C4(c5ccccc5-c5ccccc54)c4ccccc4-6)cc3)cc21. The predicted molar refractivity (Wildman–Crippen MR) is 249 cm³/mol. The van der Waals surface area contributed by atoms with E-state index in [9.17, 15) is 0 Å². The van der Waals surface area contributed by atoms with Crippen molar-refractivity contribution in [2.45, 2.75) is 24.7 Å². The first-order valence-electron chi connectivity index (χ1n) is 21.1. The minimum absolute atomic E-state index is 0.0949. The third-order valence-corrected chi connectivity index (χ3v) is 14.0. The Morgan fingerprint density at radius 3 is 1.52 bits per heavy atom. The largest absolute Gasteiger partial charge is 0.310 e. The van der Waals surface area contributed by atoms with Crippen molar-refractivity contribution in [3.8, 4) is 39.1 Å². The first kappa shape index (κ1) is 33.5. The van der Waals surface area contributed by atoms with Crippen LogP contribution in [0.15, 0.2) is 206 Å². The fourth-order valence-corrected chi connectivity index (χ4v) is 11.5. The normalized spacial score (nSPS) is 14.4. The number of anilines is 3. The minimum atomic E-state index is -0.462. The molecule has 60 heavy (non-hydrogen) atoms. The van der Waals surface area contributed by atoms with Gasteiger partial charge in [0, 0.05) is 44.5 Å². The van der Waals surface area contributed by atoms with Crippen LogP contribution in [0.4, 0.5) is 17.1 Å². The van der Waals surface area contributed by atoms with Gasteiger partial charge in [-0.1, -0.05) is 166 Å². The Kier molecular flexibility index (Phi) is 6.74. The zero-order valence-electron chi connectivity index (χ0n) is 33.5. The van der Waals surface area contributed by atoms with E-state index in [4.69, 9.17) is 0 Å². The zero-order valence-corrected chi connectivity index (χ0v) is 33.5. The number of rotatable bonds is 4. The van der Waals surface area contributed by atoms with Crippen LogP contribution in [0.1, 0.15) is 47.2 Å². The summed E-state index contributed by atoms with van der Waals surface area (Å²) >= 11 is 0. The number of nitrogens with zero attached hydrogens (tertiary/aromatic N) is 2. The van der Waals surface area contributed by atoms with Crippen molar-refractivity contribution in [1.29, 1.82) is 0 Å². The lowest BCUT2D eigenvalue weighted by molar-refractivity contribution is 0.660. The Labute approximate surface area is 350 Å². The van der Waals surface area contributed by atoms with Gasteiger partial charge in [-0.15, -0.1) is 0 Å². The maximum atomic E-state index is 2.55. The Hall–Kier alpha value is -7.42. The summed E-state index contributed by atoms with van der Waals surface area (Å²) in [7, 11) is 0. The molecule has 0 atom stereocenters. The summed E-state index contributed by atoms with van der Waals surface area (Å²) in [5.74, 6) is 0. The quantitative estimate of drug-likeness (QED) is 0.173. The number of aromatic nitrogens is 1. The highest BCUT2D eigenvalue weighted by atomic mass is 15.1. The average Bonchev–Trinajstić information content (AvgIpc) is 3.98. The van der Waals surface area contributed by atoms with Crippen LogP contribution in [0.3, 0.4) is 0 Å². The van der Waals surface area contributed by atoms with Crippen LogP contribution in [0, 0.1) is 0 Å². The zero-order chi connectivity index (χ0) is 39.7. The summed E-state index contributed by atoms with van der Waals surface area (Å²) in [5.41, 5.74) is 22.6. The molecule has 0 radical (unpaired) electrons. The van der Waals surface area contributed by atoms with Gasteiger partial charge in [-0.05, 0) is 116 Å². The molecule has 1 spiro atoms. The summed E-state index contributed by atoms with van der Waals surface area (Å²) in [6, 6.07) is 77.0. The predicted octanol–water partition coefficient (Wildman–Crippen LogP) is 14.9. The Morgan fingerprint density at radius 2 is 0.850 bits per heavy atom. The molecular weight excluding hydrogens is 725 g/mol. The van der Waals surface area contributed by atoms with Crippen LogP contribution in [-0.4, -0.2) is 4.57 Å². The molecule has 2 nitrogen and oxygen atoms in total. The number of hydrogen-bond acceptors (Lipinski definition) is 1. The molecule has 0 N–H and O–H groups in total. The molecule has 0 fully saturated rings. The first-order valence-corrected chi connectivity index (χ1v) is 21.1. The number of benzene rings is 9. The van der Waals surface area contributed by atoms with Gasteiger partial charge >= 0.3 is 0 Å². The molecule has 0 amide bonds. The molecule has 13 rings (SSSR count). The van der Waals surface area contributed by atoms with E-state index in [-0.39, 0.29) is 5.41 Å². The third-order valence-electron chi connectivity index (χ3n) is 14.0. The minimum Gasteiger partial charge on any atom is -0.310 e. The van der Waals surface area contributed by atoms with E-state index in [2.05, 4.69) is 230 Å². The van der Waals surface area contributed by atoms with Crippen LogP contribution in [0.5, 0.6) is 0 Å². The smallest absolute Gasteiger partial charge is 0.0746 e. The third kappa shape index (κ3) is 4.22. The highest BCUT2D eigenvalue weighted by molar-refractivity contribution is 6.14. The number of fused-ring (bicyclic) bond motifs is 17. The summed E-state index contributed by atoms with van der Waals surface area (Å²) in [6.07, 6.45) is 0. The highest BCUT2D eigenvalue weighted by Crippen LogP contribution is 2.64. The van der Waals surface area contributed by atoms with Crippen molar-refractivity contribution in [2.75, 3.05) is 4.90 Å². The Bertz CT molecular complexity index is 3340. The van der Waals surface area contributed by atoms with Crippen molar-refractivity contribution in [3.05, 3.63) is 240 Å². The summed E-state index contributed by atoms with van der Waals surface area (Å²) in [4.78, 5) is 2.41. The molecule has 1 heterocycles. The lowest BCUT2D eigenvalue weighted by Gasteiger charge is -2.31. The van der Waals surface area contributed by atoms with Crippen molar-refractivity contribution in [3.63, 3.8) is 0 Å². The molecule has 1 aromatic heterocycles. The van der Waals surface area contributed by atoms with Gasteiger partial charge in [0.25, 0.3) is 0 Å². The van der Waals surface area contributed by atoms with Gasteiger partial charge in [-0.2, -0.15) is 0 Å². The molecule has 2 heteroatoms. The van der Waals surface area contributed by atoms with Gasteiger partial charge in [0.1, 0.15) is 0 Å². The number of para-hydroxylation sites is 2. The van der Waals surface area contributed by atoms with Crippen LogP contribution in [-0.2, 0) is 10.8 Å². The summed E-state index contributed by atoms with van der Waals surface area (Å²) in [6.45, 7) is 4.72. The van der Waals surface area contributed by atoms with Crippen molar-refractivity contribution >= 4 is 38.9 Å². The molecule has 0 saturated carbocycles. The van der Waals surface area contributed by atoms with E-state index < -0.39 is 5.41 Å². The molecule has 3 aliphatic rings. The van der Waals surface area contributed by atoms with Gasteiger partial charge in [0.05, 0.1) is 16.4 Å². The van der Waals surface area contributed by atoms with Crippen LogP contribution in [0.2, 0.25) is 0 Å². The molecule has 282 valence electrons. The van der Waals surface area contributed by atoms with Crippen molar-refractivity contribution in [2.24, 2.45) is 0 Å². The Balaban J connectivity index is 1.04. The number of hydrogen-bond donors (Lipinski definition) is 0. The summed E-state index contributed by atoms with van der Waals surface area (Å²) in [5, 5.41) is 2.54. The van der Waals surface area contributed by atoms with Crippen LogP contribution < -0.4 is 4.90 Å². The van der Waals surface area contributed by atoms with E-state index in [1.54, 1.807) is 0 Å². The van der Waals surface area contributed by atoms with Gasteiger partial charge in [-0.3, -0.25) is 0 Å². The van der Waals surface area contributed by atoms with Gasteiger partial charge < -0.3 is 9.47 Å². The van der Waals surface area contributed by atoms with Crippen LogP contribution in [0.25, 0.3) is 60.9 Å². The fourth-order valence-electron chi connectivity index (χ4n) is 11.5. The molecular formula is C58H40N2. The second-order valence-corrected chi connectivity index (χ2v) is 17.2. The van der Waals surface area contributed by atoms with E-state index in [1.807, 2.05) is 0 Å². The average molecular weight is 765 g/mol. The molecule has 0 bridgehead atoms. The molecule has 0 saturated heterocycles. The van der Waals surface area contributed by atoms with Crippen LogP contribution >= 0.6 is 0 Å². The topological polar surface area (TPSA) is 8.17 Å². The summed E-state index contributed by atoms with van der Waals surface area (Å²) < 4.78 is 2.55. The highest BCUT2D eigenvalue weighted by Gasteiger charge is 2.53. The van der Waals surface area contributed by atoms with Gasteiger partial charge in [-0.25, -0.2) is 0 Å². The van der Waals surface area contributed by atoms with Gasteiger partial charge in [0.2, 0.25) is 0 Å². The molecule has 0 unspecified atom stereocenters. The monoisotopic (exact) mass is 764 g/mol. The lowest BCUT2D eigenvalue weighted by Crippen LogP contribution is -2.26. The molecule has 3 aliphatic carbocycles. The van der Waals surface area contributed by atoms with E-state index >= 15 is 0 Å². The second kappa shape index (κ2) is 12.1. The maximum Gasteiger partial charge on any atom is 0.0746 e. The lowest BCUT2D eigenvalue weighted by atomic mass is 9.70. The first-order chi connectivity index (χ1) is 29.5. The molecule has 0 aliphatic heterocycles. The van der Waals surface area contributed by atoms with Crippen molar-refractivity contribution < 1.29 is 0 Å². The van der Waals surface area contributed by atoms with Crippen molar-refractivity contribution in [1.82, 2.24) is 4.57 Å². The fraction of sp³-hybridized carbons (Fsp3) is 0.0690. The van der Waals surface area contributed by atoms with E-state index in [0.717, 1.165) is 22.7 Å². The molecule has 9 aromatic carbocycles.